The van der Waals surface area contributed by atoms with Crippen molar-refractivity contribution < 1.29 is 56.3 Å². The van der Waals surface area contributed by atoms with E-state index in [1.165, 1.54) is 42.5 Å². The van der Waals surface area contributed by atoms with E-state index in [4.69, 9.17) is 23.6 Å². The average molecular weight is 510 g/mol. The zero-order chi connectivity index (χ0) is 25.5. The molecule has 1 aliphatic rings. The topological polar surface area (TPSA) is 210 Å². The molecule has 0 aliphatic carbocycles. The molecule has 2 heterocycles. The van der Waals surface area contributed by atoms with E-state index >= 15 is 0 Å². The molecule has 5 atom stereocenters. The van der Waals surface area contributed by atoms with Crippen LogP contribution in [0.1, 0.15) is 0 Å². The first-order chi connectivity index (χ1) is 16.4. The summed E-state index contributed by atoms with van der Waals surface area (Å²) in [6.07, 6.45) is -7.80. The molecule has 14 heteroatoms. The van der Waals surface area contributed by atoms with Crippen LogP contribution in [0.5, 0.6) is 11.5 Å². The van der Waals surface area contributed by atoms with Crippen molar-refractivity contribution >= 4 is 27.3 Å². The van der Waals surface area contributed by atoms with Crippen LogP contribution in [0.3, 0.4) is 0 Å². The predicted molar refractivity (Wildman–Crippen MR) is 115 cm³/mol. The molecular weight excluding hydrogens is 492 g/mol. The van der Waals surface area contributed by atoms with Crippen LogP contribution in [-0.4, -0.2) is 70.1 Å². The van der Waals surface area contributed by atoms with E-state index in [0.29, 0.717) is 5.56 Å². The predicted octanol–water partition coefficient (Wildman–Crippen LogP) is -0.0874. The first-order valence-electron chi connectivity index (χ1n) is 9.86. The fourth-order valence-corrected chi connectivity index (χ4v) is 3.83. The summed E-state index contributed by atoms with van der Waals surface area (Å²) in [7, 11) is -4.70. The Hall–Kier alpha value is -3.53. The Kier molecular flexibility index (Phi) is 6.50. The first-order valence-corrected chi connectivity index (χ1v) is 11.2. The van der Waals surface area contributed by atoms with Crippen molar-refractivity contribution in [3.05, 3.63) is 59.0 Å². The Labute approximate surface area is 196 Å². The molecule has 0 radical (unpaired) electrons. The lowest BCUT2D eigenvalue weighted by molar-refractivity contribution is -0.271. The van der Waals surface area contributed by atoms with Gasteiger partial charge in [0, 0.05) is 6.07 Å². The Balaban J connectivity index is 1.59. The number of carboxylic acids is 1. The van der Waals surface area contributed by atoms with Gasteiger partial charge in [0.15, 0.2) is 11.5 Å². The maximum atomic E-state index is 12.9. The van der Waals surface area contributed by atoms with Crippen molar-refractivity contribution in [2.75, 3.05) is 0 Å². The van der Waals surface area contributed by atoms with Gasteiger partial charge in [-0.3, -0.25) is 9.35 Å². The van der Waals surface area contributed by atoms with Gasteiger partial charge < -0.3 is 38.5 Å². The lowest BCUT2D eigenvalue weighted by atomic mass is 9.99. The molecule has 0 saturated carbocycles. The van der Waals surface area contributed by atoms with Crippen molar-refractivity contribution in [3.63, 3.8) is 0 Å². The highest BCUT2D eigenvalue weighted by atomic mass is 32.3. The van der Waals surface area contributed by atoms with E-state index in [1.54, 1.807) is 0 Å². The van der Waals surface area contributed by atoms with Crippen LogP contribution in [0.15, 0.2) is 57.9 Å². The number of aliphatic hydroxyl groups is 3. The summed E-state index contributed by atoms with van der Waals surface area (Å²) in [4.78, 5) is 24.2. The Bertz CT molecular complexity index is 1410. The molecule has 1 fully saturated rings. The van der Waals surface area contributed by atoms with Gasteiger partial charge in [0.1, 0.15) is 41.7 Å². The molecule has 1 aromatic heterocycles. The number of rotatable bonds is 6. The molecule has 1 aliphatic heterocycles. The molecule has 3 aromatic rings. The van der Waals surface area contributed by atoms with E-state index in [2.05, 4.69) is 4.18 Å². The highest BCUT2D eigenvalue weighted by molar-refractivity contribution is 7.81. The second-order valence-corrected chi connectivity index (χ2v) is 8.55. The molecule has 1 saturated heterocycles. The molecule has 2 aromatic carbocycles. The summed E-state index contributed by atoms with van der Waals surface area (Å²) in [5, 5.41) is 39.0. The highest BCUT2D eigenvalue weighted by Gasteiger charge is 2.48. The van der Waals surface area contributed by atoms with Crippen molar-refractivity contribution in [2.24, 2.45) is 0 Å². The van der Waals surface area contributed by atoms with Gasteiger partial charge in [0.25, 0.3) is 0 Å². The number of fused-ring (bicyclic) bond motifs is 1. The fourth-order valence-electron chi connectivity index (χ4n) is 3.48. The van der Waals surface area contributed by atoms with Crippen LogP contribution in [0, 0.1) is 0 Å². The van der Waals surface area contributed by atoms with Crippen molar-refractivity contribution in [3.8, 4) is 22.6 Å². The third-order valence-electron chi connectivity index (χ3n) is 5.18. The summed E-state index contributed by atoms with van der Waals surface area (Å²) in [6.45, 7) is 0. The van der Waals surface area contributed by atoms with Crippen LogP contribution in [0.2, 0.25) is 0 Å². The van der Waals surface area contributed by atoms with Gasteiger partial charge >= 0.3 is 16.4 Å². The SMILES string of the molecule is O=C(O)[C@H]1O[C@H](Oc2ccc3c(=O)c(-c4ccc(OS(=O)(=O)O)cc4)coc3c2)[C@H](O)[C@@H](O)[C@@H]1O. The second-order valence-electron chi connectivity index (χ2n) is 7.52. The Morgan fingerprint density at radius 1 is 0.943 bits per heavy atom. The summed E-state index contributed by atoms with van der Waals surface area (Å²) in [5.74, 6) is -1.72. The van der Waals surface area contributed by atoms with Crippen LogP contribution < -0.4 is 14.3 Å². The highest BCUT2D eigenvalue weighted by Crippen LogP contribution is 2.28. The molecule has 0 amide bonds. The van der Waals surface area contributed by atoms with Crippen LogP contribution in [0.25, 0.3) is 22.1 Å². The Morgan fingerprint density at radius 2 is 1.60 bits per heavy atom. The van der Waals surface area contributed by atoms with Gasteiger partial charge in [-0.05, 0) is 29.8 Å². The number of carbonyl (C=O) groups is 1. The van der Waals surface area contributed by atoms with Gasteiger partial charge in [0.2, 0.25) is 6.29 Å². The summed E-state index contributed by atoms with van der Waals surface area (Å²) >= 11 is 0. The zero-order valence-electron chi connectivity index (χ0n) is 17.4. The molecular formula is C21H18O13S. The number of benzene rings is 2. The van der Waals surface area contributed by atoms with Gasteiger partial charge in [-0.1, -0.05) is 12.1 Å². The van der Waals surface area contributed by atoms with Crippen molar-refractivity contribution in [1.82, 2.24) is 0 Å². The monoisotopic (exact) mass is 510 g/mol. The van der Waals surface area contributed by atoms with Crippen LogP contribution in [0.4, 0.5) is 0 Å². The largest absolute Gasteiger partial charge is 0.479 e. The quantitative estimate of drug-likeness (QED) is 0.275. The molecule has 0 bridgehead atoms. The smallest absolute Gasteiger partial charge is 0.446 e. The maximum Gasteiger partial charge on any atom is 0.446 e. The number of aliphatic carboxylic acids is 1. The zero-order valence-corrected chi connectivity index (χ0v) is 18.2. The molecule has 35 heavy (non-hydrogen) atoms. The lowest BCUT2D eigenvalue weighted by Gasteiger charge is -2.38. The van der Waals surface area contributed by atoms with E-state index < -0.39 is 52.5 Å². The lowest BCUT2D eigenvalue weighted by Crippen LogP contribution is -2.61. The number of aliphatic hydroxyl groups excluding tert-OH is 3. The third-order valence-corrected chi connectivity index (χ3v) is 5.58. The van der Waals surface area contributed by atoms with Gasteiger partial charge in [-0.15, -0.1) is 0 Å². The molecule has 0 spiro atoms. The molecule has 0 unspecified atom stereocenters. The number of carboxylic acid groups (broad SMARTS) is 1. The maximum absolute atomic E-state index is 12.9. The summed E-state index contributed by atoms with van der Waals surface area (Å²) in [6, 6.07) is 9.20. The Morgan fingerprint density at radius 3 is 2.23 bits per heavy atom. The fraction of sp³-hybridized carbons (Fsp3) is 0.238. The molecule has 4 rings (SSSR count). The number of hydrogen-bond acceptors (Lipinski definition) is 11. The average Bonchev–Trinajstić information content (AvgIpc) is 2.79. The normalized spacial score (nSPS) is 24.7. The van der Waals surface area contributed by atoms with Crippen LogP contribution >= 0.6 is 0 Å². The molecule has 5 N–H and O–H groups in total. The third kappa shape index (κ3) is 5.12. The minimum absolute atomic E-state index is 0.0110. The molecule has 186 valence electrons. The first kappa shape index (κ1) is 24.6. The summed E-state index contributed by atoms with van der Waals surface area (Å²) in [5.41, 5.74) is 0.134. The van der Waals surface area contributed by atoms with E-state index in [1.807, 2.05) is 0 Å². The second kappa shape index (κ2) is 9.26. The minimum Gasteiger partial charge on any atom is -0.479 e. The minimum atomic E-state index is -4.70. The van der Waals surface area contributed by atoms with E-state index in [-0.39, 0.29) is 28.0 Å². The van der Waals surface area contributed by atoms with Crippen LogP contribution in [-0.2, 0) is 19.9 Å². The molecule has 13 nitrogen and oxygen atoms in total. The van der Waals surface area contributed by atoms with Crippen molar-refractivity contribution in [1.29, 1.82) is 0 Å². The number of ether oxygens (including phenoxy) is 2. The standard InChI is InChI=1S/C21H18O13S/c22-15-12-6-5-11(32-21-18(25)16(23)17(24)19(33-21)20(26)27)7-14(12)31-8-13(15)9-1-3-10(4-2-9)34-35(28,29)30/h1-8,16-19,21,23-25H,(H,26,27)(H,28,29,30)/t16-,17-,18+,19-,21-/m0/s1. The van der Waals surface area contributed by atoms with Gasteiger partial charge in [0.05, 0.1) is 10.9 Å². The van der Waals surface area contributed by atoms with E-state index in [9.17, 15) is 33.3 Å². The van der Waals surface area contributed by atoms with Gasteiger partial charge in [-0.25, -0.2) is 4.79 Å². The van der Waals surface area contributed by atoms with Gasteiger partial charge in [-0.2, -0.15) is 8.42 Å². The van der Waals surface area contributed by atoms with Crippen molar-refractivity contribution in [2.45, 2.75) is 30.7 Å². The number of hydrogen-bond donors (Lipinski definition) is 5. The van der Waals surface area contributed by atoms with E-state index in [0.717, 1.165) is 6.26 Å². The summed E-state index contributed by atoms with van der Waals surface area (Å²) < 4.78 is 50.6.